The van der Waals surface area contributed by atoms with Gasteiger partial charge in [0.2, 0.25) is 11.5 Å². The predicted molar refractivity (Wildman–Crippen MR) is 110 cm³/mol. The highest BCUT2D eigenvalue weighted by molar-refractivity contribution is 6.42. The van der Waals surface area contributed by atoms with E-state index in [1.165, 1.54) is 0 Å². The van der Waals surface area contributed by atoms with Crippen LogP contribution in [-0.4, -0.2) is 29.3 Å². The van der Waals surface area contributed by atoms with Gasteiger partial charge in [0.15, 0.2) is 0 Å². The van der Waals surface area contributed by atoms with Crippen molar-refractivity contribution in [2.45, 2.75) is 13.2 Å². The Kier molecular flexibility index (Phi) is 7.29. The number of ether oxygens (including phenoxy) is 1. The molecule has 0 unspecified atom stereocenters. The van der Waals surface area contributed by atoms with E-state index in [2.05, 4.69) is 25.6 Å². The summed E-state index contributed by atoms with van der Waals surface area (Å²) in [6.45, 7) is 1.97. The Morgan fingerprint density at radius 1 is 1.07 bits per heavy atom. The summed E-state index contributed by atoms with van der Waals surface area (Å²) in [4.78, 5) is 11.8. The van der Waals surface area contributed by atoms with Crippen LogP contribution in [0.2, 0.25) is 10.0 Å². The molecule has 3 rings (SSSR count). The summed E-state index contributed by atoms with van der Waals surface area (Å²) in [5, 5.41) is 13.7. The first-order valence-electron chi connectivity index (χ1n) is 8.75. The molecule has 0 aliphatic carbocycles. The van der Waals surface area contributed by atoms with Crippen LogP contribution >= 0.6 is 23.2 Å². The smallest absolute Gasteiger partial charge is 0.277 e. The molecule has 0 aliphatic heterocycles. The van der Waals surface area contributed by atoms with Crippen LogP contribution in [0.25, 0.3) is 0 Å². The molecule has 0 fully saturated rings. The lowest BCUT2D eigenvalue weighted by molar-refractivity contribution is 0.0944. The molecule has 0 saturated carbocycles. The number of nitrogens with zero attached hydrogens (tertiary/aromatic N) is 2. The number of benzene rings is 2. The minimum absolute atomic E-state index is 0.0168. The molecule has 3 aromatic rings. The quantitative estimate of drug-likeness (QED) is 0.442. The molecule has 2 aromatic carbocycles. The molecule has 1 amide bonds. The minimum Gasteiger partial charge on any atom is -0.489 e. The van der Waals surface area contributed by atoms with Crippen molar-refractivity contribution in [2.24, 2.45) is 0 Å². The van der Waals surface area contributed by atoms with Gasteiger partial charge >= 0.3 is 0 Å². The van der Waals surface area contributed by atoms with Crippen molar-refractivity contribution in [2.75, 3.05) is 18.8 Å². The number of halogens is 2. The van der Waals surface area contributed by atoms with Gasteiger partial charge in [-0.1, -0.05) is 41.4 Å². The van der Waals surface area contributed by atoms with E-state index >= 15 is 0 Å². The van der Waals surface area contributed by atoms with Crippen molar-refractivity contribution < 1.29 is 14.2 Å². The molecule has 152 valence electrons. The molecule has 1 heterocycles. The topological polar surface area (TPSA) is 115 Å². The molecule has 0 bridgehead atoms. The minimum atomic E-state index is -0.428. The number of hydrogen-bond acceptors (Lipinski definition) is 7. The van der Waals surface area contributed by atoms with Crippen LogP contribution in [0.4, 0.5) is 5.82 Å². The molecule has 0 radical (unpaired) electrons. The first-order chi connectivity index (χ1) is 14.0. The Labute approximate surface area is 177 Å². The van der Waals surface area contributed by atoms with Gasteiger partial charge in [0.25, 0.3) is 5.91 Å². The highest BCUT2D eigenvalue weighted by Crippen LogP contribution is 2.23. The third-order valence-corrected chi connectivity index (χ3v) is 4.67. The summed E-state index contributed by atoms with van der Waals surface area (Å²) in [7, 11) is 0. The molecule has 29 heavy (non-hydrogen) atoms. The van der Waals surface area contributed by atoms with Crippen LogP contribution in [0.3, 0.4) is 0 Å². The van der Waals surface area contributed by atoms with E-state index in [4.69, 9.17) is 33.7 Å². The number of nitrogen functional groups attached to an aromatic ring is 1. The molecule has 0 aliphatic rings. The van der Waals surface area contributed by atoms with Crippen molar-refractivity contribution in [3.05, 3.63) is 69.3 Å². The molecular weight excluding hydrogens is 417 g/mol. The average Bonchev–Trinajstić information content (AvgIpc) is 3.15. The normalized spacial score (nSPS) is 10.7. The van der Waals surface area contributed by atoms with E-state index in [9.17, 15) is 4.79 Å². The summed E-state index contributed by atoms with van der Waals surface area (Å²) >= 11 is 11.9. The van der Waals surface area contributed by atoms with Gasteiger partial charge in [-0.15, -0.1) is 0 Å². The average molecular weight is 436 g/mol. The van der Waals surface area contributed by atoms with E-state index < -0.39 is 5.91 Å². The molecule has 0 spiro atoms. The predicted octanol–water partition coefficient (Wildman–Crippen LogP) is 3.06. The number of nitrogens with one attached hydrogen (secondary N) is 2. The van der Waals surface area contributed by atoms with Gasteiger partial charge in [-0.2, -0.15) is 0 Å². The van der Waals surface area contributed by atoms with Crippen molar-refractivity contribution in [3.8, 4) is 5.75 Å². The zero-order valence-electron chi connectivity index (χ0n) is 15.3. The third-order valence-electron chi connectivity index (χ3n) is 3.93. The van der Waals surface area contributed by atoms with Crippen LogP contribution in [0.5, 0.6) is 5.75 Å². The fraction of sp³-hybridized carbons (Fsp3) is 0.211. The Morgan fingerprint density at radius 2 is 1.93 bits per heavy atom. The zero-order valence-corrected chi connectivity index (χ0v) is 16.8. The Balaban J connectivity index is 1.41. The van der Waals surface area contributed by atoms with Gasteiger partial charge in [0.05, 0.1) is 10.0 Å². The van der Waals surface area contributed by atoms with E-state index in [0.717, 1.165) is 16.9 Å². The van der Waals surface area contributed by atoms with Crippen LogP contribution in [0.1, 0.15) is 21.6 Å². The van der Waals surface area contributed by atoms with Crippen molar-refractivity contribution in [3.63, 3.8) is 0 Å². The number of amides is 1. The van der Waals surface area contributed by atoms with Gasteiger partial charge in [0.1, 0.15) is 12.4 Å². The van der Waals surface area contributed by atoms with Gasteiger partial charge in [0, 0.05) is 19.6 Å². The number of rotatable bonds is 9. The molecule has 4 N–H and O–H groups in total. The summed E-state index contributed by atoms with van der Waals surface area (Å²) in [5.41, 5.74) is 7.43. The maximum atomic E-state index is 11.8. The molecule has 8 nitrogen and oxygen atoms in total. The SMILES string of the molecule is Nc1nonc1C(=O)NCCNCc1cccc(OCc2ccc(Cl)c(Cl)c2)c1. The highest BCUT2D eigenvalue weighted by atomic mass is 35.5. The summed E-state index contributed by atoms with van der Waals surface area (Å²) in [5.74, 6) is 0.286. The molecule has 0 saturated heterocycles. The second-order valence-corrected chi connectivity index (χ2v) is 6.93. The Bertz CT molecular complexity index is 980. The van der Waals surface area contributed by atoms with E-state index in [1.807, 2.05) is 30.3 Å². The van der Waals surface area contributed by atoms with Crippen LogP contribution in [-0.2, 0) is 13.2 Å². The van der Waals surface area contributed by atoms with E-state index in [1.54, 1.807) is 12.1 Å². The monoisotopic (exact) mass is 435 g/mol. The zero-order chi connectivity index (χ0) is 20.6. The van der Waals surface area contributed by atoms with Gasteiger partial charge in [-0.25, -0.2) is 4.63 Å². The number of aromatic nitrogens is 2. The molecule has 1 aromatic heterocycles. The summed E-state index contributed by atoms with van der Waals surface area (Å²) in [6, 6.07) is 13.1. The molecule has 0 atom stereocenters. The van der Waals surface area contributed by atoms with Crippen molar-refractivity contribution in [1.82, 2.24) is 20.9 Å². The van der Waals surface area contributed by atoms with Gasteiger partial charge < -0.3 is 21.1 Å². The summed E-state index contributed by atoms with van der Waals surface area (Å²) in [6.07, 6.45) is 0. The maximum absolute atomic E-state index is 11.8. The molecular formula is C19H19Cl2N5O3. The standard InChI is InChI=1S/C19H19Cl2N5O3/c20-15-5-4-13(9-16(15)21)11-28-14-3-1-2-12(8-14)10-23-6-7-24-19(27)17-18(22)26-29-25-17/h1-5,8-9,23H,6-7,10-11H2,(H2,22,26)(H,24,27). The fourth-order valence-corrected chi connectivity index (χ4v) is 2.80. The first kappa shape index (κ1) is 20.9. The Hall–Kier alpha value is -2.81. The second kappa shape index (κ2) is 10.1. The Morgan fingerprint density at radius 3 is 2.69 bits per heavy atom. The maximum Gasteiger partial charge on any atom is 0.277 e. The summed E-state index contributed by atoms with van der Waals surface area (Å²) < 4.78 is 10.2. The number of anilines is 1. The largest absolute Gasteiger partial charge is 0.489 e. The van der Waals surface area contributed by atoms with Crippen molar-refractivity contribution >= 4 is 34.9 Å². The van der Waals surface area contributed by atoms with Gasteiger partial charge in [-0.3, -0.25) is 4.79 Å². The number of hydrogen-bond donors (Lipinski definition) is 3. The number of nitrogens with two attached hydrogens (primary N) is 1. The lowest BCUT2D eigenvalue weighted by atomic mass is 10.2. The van der Waals surface area contributed by atoms with E-state index in [-0.39, 0.29) is 11.5 Å². The fourth-order valence-electron chi connectivity index (χ4n) is 2.48. The highest BCUT2D eigenvalue weighted by Gasteiger charge is 2.14. The number of carbonyl (C=O) groups excluding carboxylic acids is 1. The van der Waals surface area contributed by atoms with Gasteiger partial charge in [-0.05, 0) is 45.7 Å². The van der Waals surface area contributed by atoms with Crippen LogP contribution in [0.15, 0.2) is 47.1 Å². The first-order valence-corrected chi connectivity index (χ1v) is 9.51. The third kappa shape index (κ3) is 6.08. The van der Waals surface area contributed by atoms with E-state index in [0.29, 0.717) is 36.3 Å². The number of carbonyl (C=O) groups is 1. The lowest BCUT2D eigenvalue weighted by Gasteiger charge is -2.10. The lowest BCUT2D eigenvalue weighted by Crippen LogP contribution is -2.32. The second-order valence-electron chi connectivity index (χ2n) is 6.12. The van der Waals surface area contributed by atoms with Crippen LogP contribution in [0, 0.1) is 0 Å². The molecule has 10 heteroatoms. The van der Waals surface area contributed by atoms with Crippen molar-refractivity contribution in [1.29, 1.82) is 0 Å². The van der Waals surface area contributed by atoms with Crippen LogP contribution < -0.4 is 21.1 Å².